The quantitative estimate of drug-likeness (QED) is 0.658. The molecule has 0 saturated heterocycles. The molecule has 1 heterocycles. The molecule has 0 bridgehead atoms. The molecule has 1 aliphatic carbocycles. The molecule has 4 nitrogen and oxygen atoms in total. The van der Waals surface area contributed by atoms with Gasteiger partial charge in [-0.15, -0.1) is 0 Å². The lowest BCUT2D eigenvalue weighted by Gasteiger charge is -2.31. The van der Waals surface area contributed by atoms with Crippen molar-refractivity contribution in [2.75, 3.05) is 13.2 Å². The number of rotatable bonds is 7. The van der Waals surface area contributed by atoms with Crippen LogP contribution in [0.2, 0.25) is 0 Å². The lowest BCUT2D eigenvalue weighted by molar-refractivity contribution is 0.158. The van der Waals surface area contributed by atoms with Crippen molar-refractivity contribution >= 4 is 0 Å². The maximum absolute atomic E-state index is 13.5. The van der Waals surface area contributed by atoms with E-state index < -0.39 is 5.54 Å². The molecular weight excluding hydrogens is 329 g/mol. The smallest absolute Gasteiger partial charge is 0.123 e. The van der Waals surface area contributed by atoms with E-state index in [1.54, 1.807) is 18.2 Å². The number of allylic oxidation sites excluding steroid dienone is 4. The van der Waals surface area contributed by atoms with E-state index in [9.17, 15) is 9.50 Å². The first-order chi connectivity index (χ1) is 12.5. The highest BCUT2D eigenvalue weighted by molar-refractivity contribution is 5.56. The van der Waals surface area contributed by atoms with Crippen LogP contribution in [0.5, 0.6) is 0 Å². The molecule has 0 spiro atoms. The Morgan fingerprint density at radius 1 is 1.42 bits per heavy atom. The van der Waals surface area contributed by atoms with Gasteiger partial charge in [-0.1, -0.05) is 30.9 Å². The van der Waals surface area contributed by atoms with E-state index in [-0.39, 0.29) is 12.4 Å². The molecule has 1 aromatic carbocycles. The number of benzene rings is 1. The monoisotopic (exact) mass is 355 g/mol. The minimum Gasteiger partial charge on any atom is -0.405 e. The average Bonchev–Trinajstić information content (AvgIpc) is 3.40. The summed E-state index contributed by atoms with van der Waals surface area (Å²) in [6, 6.07) is 6.54. The Hall–Kier alpha value is -2.37. The molecule has 3 rings (SSSR count). The van der Waals surface area contributed by atoms with Gasteiger partial charge in [0, 0.05) is 17.2 Å². The van der Waals surface area contributed by atoms with Gasteiger partial charge in [-0.05, 0) is 55.3 Å². The zero-order valence-corrected chi connectivity index (χ0v) is 15.1. The van der Waals surface area contributed by atoms with Crippen LogP contribution >= 0.6 is 0 Å². The van der Waals surface area contributed by atoms with E-state index in [1.165, 1.54) is 24.0 Å². The summed E-state index contributed by atoms with van der Waals surface area (Å²) >= 11 is 0. The zero-order valence-electron chi connectivity index (χ0n) is 15.1. The van der Waals surface area contributed by atoms with Crippen molar-refractivity contribution < 1.29 is 9.50 Å². The Labute approximate surface area is 154 Å². The van der Waals surface area contributed by atoms with Crippen LogP contribution in [0.25, 0.3) is 0 Å². The number of halogens is 1. The van der Waals surface area contributed by atoms with Crippen molar-refractivity contribution in [2.45, 2.75) is 25.3 Å². The standard InChI is InChI=1S/C21H26FN3O/c1-3-4-15(11-12-23)19-20(16-5-6-16)25(13-14-26)24-21(19,2)17-7-9-18(22)10-8-17/h3-4,7-12,16,24,26H,1,5-6,13-14,23H2,2H3/b12-11-,15-4+. The Kier molecular flexibility index (Phi) is 5.30. The van der Waals surface area contributed by atoms with Crippen molar-refractivity contribution in [2.24, 2.45) is 11.7 Å². The normalized spacial score (nSPS) is 24.0. The van der Waals surface area contributed by atoms with Crippen LogP contribution in [-0.4, -0.2) is 23.3 Å². The Morgan fingerprint density at radius 2 is 2.12 bits per heavy atom. The number of nitrogens with one attached hydrogen (secondary N) is 1. The molecule has 2 aliphatic rings. The molecular formula is C21H26FN3O. The van der Waals surface area contributed by atoms with Gasteiger partial charge in [-0.2, -0.15) is 0 Å². The first kappa shape index (κ1) is 18.4. The van der Waals surface area contributed by atoms with Crippen LogP contribution in [0.4, 0.5) is 4.39 Å². The van der Waals surface area contributed by atoms with E-state index in [1.807, 2.05) is 17.2 Å². The maximum Gasteiger partial charge on any atom is 0.123 e. The molecule has 0 amide bonds. The largest absolute Gasteiger partial charge is 0.405 e. The predicted molar refractivity (Wildman–Crippen MR) is 102 cm³/mol. The van der Waals surface area contributed by atoms with E-state index >= 15 is 0 Å². The Bertz CT molecular complexity index is 762. The van der Waals surface area contributed by atoms with Crippen LogP contribution in [0, 0.1) is 11.7 Å². The summed E-state index contributed by atoms with van der Waals surface area (Å²) in [5, 5.41) is 11.6. The van der Waals surface area contributed by atoms with Crippen LogP contribution in [-0.2, 0) is 5.54 Å². The molecule has 138 valence electrons. The highest BCUT2D eigenvalue weighted by Gasteiger charge is 2.47. The lowest BCUT2D eigenvalue weighted by atomic mass is 9.80. The highest BCUT2D eigenvalue weighted by atomic mass is 19.1. The second-order valence-electron chi connectivity index (χ2n) is 6.87. The van der Waals surface area contributed by atoms with E-state index in [2.05, 4.69) is 18.9 Å². The molecule has 5 heteroatoms. The number of nitrogens with two attached hydrogens (primary N) is 1. The predicted octanol–water partition coefficient (Wildman–Crippen LogP) is 3.10. The molecule has 0 radical (unpaired) electrons. The second kappa shape index (κ2) is 7.48. The topological polar surface area (TPSA) is 61.5 Å². The number of hydrogen-bond acceptors (Lipinski definition) is 4. The van der Waals surface area contributed by atoms with Gasteiger partial charge in [-0.3, -0.25) is 0 Å². The third-order valence-electron chi connectivity index (χ3n) is 4.98. The summed E-state index contributed by atoms with van der Waals surface area (Å²) in [7, 11) is 0. The van der Waals surface area contributed by atoms with Crippen LogP contribution in [0.3, 0.4) is 0 Å². The average molecular weight is 355 g/mol. The fourth-order valence-electron chi connectivity index (χ4n) is 3.72. The number of aliphatic hydroxyl groups is 1. The summed E-state index contributed by atoms with van der Waals surface area (Å²) < 4.78 is 13.5. The van der Waals surface area contributed by atoms with Crippen LogP contribution in [0.1, 0.15) is 25.3 Å². The first-order valence-electron chi connectivity index (χ1n) is 8.93. The minimum absolute atomic E-state index is 0.0449. The van der Waals surface area contributed by atoms with Crippen molar-refractivity contribution in [3.05, 3.63) is 83.5 Å². The molecule has 1 fully saturated rings. The molecule has 1 aliphatic heterocycles. The summed E-state index contributed by atoms with van der Waals surface area (Å²) in [5.41, 5.74) is 12.9. The Balaban J connectivity index is 2.20. The van der Waals surface area contributed by atoms with Crippen molar-refractivity contribution in [3.63, 3.8) is 0 Å². The third kappa shape index (κ3) is 3.32. The van der Waals surface area contributed by atoms with E-state index in [0.29, 0.717) is 12.5 Å². The van der Waals surface area contributed by atoms with Crippen LogP contribution in [0.15, 0.2) is 72.1 Å². The lowest BCUT2D eigenvalue weighted by Crippen LogP contribution is -2.45. The summed E-state index contributed by atoms with van der Waals surface area (Å²) in [4.78, 5) is 0. The summed E-state index contributed by atoms with van der Waals surface area (Å²) in [6.07, 6.45) is 9.31. The van der Waals surface area contributed by atoms with E-state index in [4.69, 9.17) is 5.73 Å². The van der Waals surface area contributed by atoms with Gasteiger partial charge < -0.3 is 15.8 Å². The number of hydrazine groups is 1. The molecule has 0 aromatic heterocycles. The number of β-amino-alcohol motifs (C(OH)–C–C–N with tert-alkyl or cyclic N) is 1. The second-order valence-corrected chi connectivity index (χ2v) is 6.87. The fourth-order valence-corrected chi connectivity index (χ4v) is 3.72. The SMILES string of the molecule is C=C/C=C(\C=C/N)C1=C(C2CC2)N(CCO)NC1(C)c1ccc(F)cc1. The fraction of sp³-hybridized carbons (Fsp3) is 0.333. The molecule has 1 saturated carbocycles. The Morgan fingerprint density at radius 3 is 2.65 bits per heavy atom. The van der Waals surface area contributed by atoms with E-state index in [0.717, 1.165) is 29.6 Å². The molecule has 1 atom stereocenters. The zero-order chi connectivity index (χ0) is 18.7. The van der Waals surface area contributed by atoms with Gasteiger partial charge in [0.2, 0.25) is 0 Å². The molecule has 26 heavy (non-hydrogen) atoms. The molecule has 1 aromatic rings. The molecule has 4 N–H and O–H groups in total. The van der Waals surface area contributed by atoms with Crippen molar-refractivity contribution in [3.8, 4) is 0 Å². The summed E-state index contributed by atoms with van der Waals surface area (Å²) in [5.74, 6) is 0.185. The highest BCUT2D eigenvalue weighted by Crippen LogP contribution is 2.50. The summed E-state index contributed by atoms with van der Waals surface area (Å²) in [6.45, 7) is 6.44. The maximum atomic E-state index is 13.5. The van der Waals surface area contributed by atoms with Gasteiger partial charge in [0.25, 0.3) is 0 Å². The number of aliphatic hydroxyl groups excluding tert-OH is 1. The van der Waals surface area contributed by atoms with Gasteiger partial charge in [0.1, 0.15) is 5.82 Å². The number of nitrogens with zero attached hydrogens (tertiary/aromatic N) is 1. The van der Waals surface area contributed by atoms with Crippen LogP contribution < -0.4 is 11.2 Å². The molecule has 1 unspecified atom stereocenters. The van der Waals surface area contributed by atoms with Gasteiger partial charge in [0.05, 0.1) is 18.7 Å². The van der Waals surface area contributed by atoms with Gasteiger partial charge in [-0.25, -0.2) is 9.82 Å². The number of hydrogen-bond donors (Lipinski definition) is 3. The first-order valence-corrected chi connectivity index (χ1v) is 8.93. The minimum atomic E-state index is -0.560. The van der Waals surface area contributed by atoms with Crippen molar-refractivity contribution in [1.29, 1.82) is 0 Å². The van der Waals surface area contributed by atoms with Gasteiger partial charge in [0.15, 0.2) is 0 Å². The van der Waals surface area contributed by atoms with Crippen molar-refractivity contribution in [1.82, 2.24) is 10.4 Å². The van der Waals surface area contributed by atoms with Gasteiger partial charge >= 0.3 is 0 Å². The third-order valence-corrected chi connectivity index (χ3v) is 4.98.